The molecule has 2 aromatic rings. The molecule has 2 aromatic carbocycles. The van der Waals surface area contributed by atoms with Crippen molar-refractivity contribution in [1.29, 1.82) is 0 Å². The minimum atomic E-state index is -4.11. The number of sulfonamides is 1. The van der Waals surface area contributed by atoms with Gasteiger partial charge in [0.1, 0.15) is 6.54 Å². The van der Waals surface area contributed by atoms with Crippen LogP contribution in [0.1, 0.15) is 6.92 Å². The van der Waals surface area contributed by atoms with Crippen LogP contribution in [0.25, 0.3) is 0 Å². The number of benzene rings is 2. The predicted octanol–water partition coefficient (Wildman–Crippen LogP) is 2.58. The van der Waals surface area contributed by atoms with Crippen molar-refractivity contribution >= 4 is 44.9 Å². The number of hydrogen-bond donors (Lipinski definition) is 2. The first kappa shape index (κ1) is 18.8. The summed E-state index contributed by atoms with van der Waals surface area (Å²) in [7, 11) is -4.11. The van der Waals surface area contributed by atoms with Gasteiger partial charge in [0.2, 0.25) is 5.91 Å². The van der Waals surface area contributed by atoms with Gasteiger partial charge < -0.3 is 10.4 Å². The van der Waals surface area contributed by atoms with Crippen molar-refractivity contribution in [3.63, 3.8) is 0 Å². The van der Waals surface area contributed by atoms with Crippen LogP contribution in [0.3, 0.4) is 0 Å². The first-order valence-electron chi connectivity index (χ1n) is 7.08. The maximum atomic E-state index is 12.8. The van der Waals surface area contributed by atoms with Gasteiger partial charge in [-0.25, -0.2) is 8.42 Å². The van der Waals surface area contributed by atoms with Gasteiger partial charge in [-0.2, -0.15) is 0 Å². The number of nitrogens with one attached hydrogen (secondary N) is 1. The van der Waals surface area contributed by atoms with E-state index in [0.717, 1.165) is 4.31 Å². The van der Waals surface area contributed by atoms with Gasteiger partial charge in [0.05, 0.1) is 10.6 Å². The number of halogens is 1. The van der Waals surface area contributed by atoms with E-state index in [0.29, 0.717) is 10.7 Å². The van der Waals surface area contributed by atoms with Crippen molar-refractivity contribution in [2.75, 3.05) is 16.2 Å². The highest BCUT2D eigenvalue weighted by Gasteiger charge is 2.27. The molecule has 0 atom stereocenters. The first-order valence-corrected chi connectivity index (χ1v) is 8.90. The van der Waals surface area contributed by atoms with Crippen molar-refractivity contribution in [2.45, 2.75) is 11.8 Å². The number of anilines is 2. The van der Waals surface area contributed by atoms with Crippen LogP contribution in [0.5, 0.6) is 0 Å². The Morgan fingerprint density at radius 1 is 1.08 bits per heavy atom. The molecule has 2 N–H and O–H groups in total. The van der Waals surface area contributed by atoms with Gasteiger partial charge in [0.15, 0.2) is 0 Å². The molecule has 9 heteroatoms. The van der Waals surface area contributed by atoms with E-state index in [1.165, 1.54) is 55.5 Å². The highest BCUT2D eigenvalue weighted by atomic mass is 35.5. The Bertz CT molecular complexity index is 880. The molecular weight excluding hydrogens is 368 g/mol. The summed E-state index contributed by atoms with van der Waals surface area (Å²) < 4.78 is 26.4. The standard InChI is InChI=1S/C16H15ClN2O5S/c1-11(20)18-13-4-8-15(9-5-13)25(23,24)19(10-16(21)22)14-6-2-12(17)3-7-14/h2-9H,10H2,1H3,(H,18,20)(H,21,22). The van der Waals surface area contributed by atoms with Crippen LogP contribution < -0.4 is 9.62 Å². The molecule has 0 fully saturated rings. The molecule has 0 saturated heterocycles. The zero-order chi connectivity index (χ0) is 18.6. The van der Waals surface area contributed by atoms with Crippen LogP contribution in [0.2, 0.25) is 5.02 Å². The van der Waals surface area contributed by atoms with Crippen LogP contribution in [0.15, 0.2) is 53.4 Å². The SMILES string of the molecule is CC(=O)Nc1ccc(S(=O)(=O)N(CC(=O)O)c2ccc(Cl)cc2)cc1. The third-order valence-corrected chi connectivity index (χ3v) is 5.20. The Hall–Kier alpha value is -2.58. The zero-order valence-electron chi connectivity index (χ0n) is 13.1. The van der Waals surface area contributed by atoms with Gasteiger partial charge in [-0.3, -0.25) is 13.9 Å². The quantitative estimate of drug-likeness (QED) is 0.799. The third-order valence-electron chi connectivity index (χ3n) is 3.16. The number of carboxylic acid groups (broad SMARTS) is 1. The largest absolute Gasteiger partial charge is 0.480 e. The Balaban J connectivity index is 2.42. The fraction of sp³-hybridized carbons (Fsp3) is 0.125. The van der Waals surface area contributed by atoms with Gasteiger partial charge >= 0.3 is 5.97 Å². The molecule has 132 valence electrons. The second-order valence-corrected chi connectivity index (χ2v) is 7.39. The Morgan fingerprint density at radius 2 is 1.64 bits per heavy atom. The molecule has 25 heavy (non-hydrogen) atoms. The number of hydrogen-bond acceptors (Lipinski definition) is 4. The van der Waals surface area contributed by atoms with E-state index in [-0.39, 0.29) is 16.5 Å². The van der Waals surface area contributed by atoms with E-state index >= 15 is 0 Å². The molecule has 0 unspecified atom stereocenters. The Morgan fingerprint density at radius 3 is 2.12 bits per heavy atom. The number of amides is 1. The minimum absolute atomic E-state index is 0.0993. The Labute approximate surface area is 149 Å². The van der Waals surface area contributed by atoms with Crippen LogP contribution in [-0.2, 0) is 19.6 Å². The van der Waals surface area contributed by atoms with Crippen LogP contribution in [-0.4, -0.2) is 31.9 Å². The zero-order valence-corrected chi connectivity index (χ0v) is 14.7. The average molecular weight is 383 g/mol. The summed E-state index contributed by atoms with van der Waals surface area (Å²) in [5.74, 6) is -1.59. The van der Waals surface area contributed by atoms with E-state index in [1.807, 2.05) is 0 Å². The van der Waals surface area contributed by atoms with Crippen molar-refractivity contribution < 1.29 is 23.1 Å². The fourth-order valence-electron chi connectivity index (χ4n) is 2.09. The van der Waals surface area contributed by atoms with Gasteiger partial charge in [-0.15, -0.1) is 0 Å². The third kappa shape index (κ3) is 4.71. The average Bonchev–Trinajstić information content (AvgIpc) is 2.53. The van der Waals surface area contributed by atoms with Crippen molar-refractivity contribution in [2.24, 2.45) is 0 Å². The van der Waals surface area contributed by atoms with Crippen LogP contribution >= 0.6 is 11.6 Å². The second kappa shape index (κ2) is 7.54. The Kier molecular flexibility index (Phi) is 5.66. The van der Waals surface area contributed by atoms with E-state index in [2.05, 4.69) is 5.32 Å². The lowest BCUT2D eigenvalue weighted by Gasteiger charge is -2.23. The number of aliphatic carboxylic acids is 1. The number of carbonyl (C=O) groups is 2. The van der Waals surface area contributed by atoms with Gasteiger partial charge in [-0.05, 0) is 48.5 Å². The van der Waals surface area contributed by atoms with Crippen LogP contribution in [0.4, 0.5) is 11.4 Å². The summed E-state index contributed by atoms with van der Waals surface area (Å²) >= 11 is 5.79. The van der Waals surface area contributed by atoms with Gasteiger partial charge in [-0.1, -0.05) is 11.6 Å². The summed E-state index contributed by atoms with van der Waals surface area (Å²) in [6, 6.07) is 11.2. The van der Waals surface area contributed by atoms with Crippen molar-refractivity contribution in [3.8, 4) is 0 Å². The molecule has 0 aromatic heterocycles. The molecule has 0 aliphatic carbocycles. The molecule has 7 nitrogen and oxygen atoms in total. The number of carbonyl (C=O) groups excluding carboxylic acids is 1. The summed E-state index contributed by atoms with van der Waals surface area (Å²) in [6.45, 7) is 0.594. The predicted molar refractivity (Wildman–Crippen MR) is 94.4 cm³/mol. The molecule has 1 amide bonds. The van der Waals surface area contributed by atoms with Gasteiger partial charge in [0, 0.05) is 17.6 Å². The summed E-state index contributed by atoms with van der Waals surface area (Å²) in [5.41, 5.74) is 0.612. The second-order valence-electron chi connectivity index (χ2n) is 5.09. The number of rotatable bonds is 6. The van der Waals surface area contributed by atoms with E-state index in [9.17, 15) is 18.0 Å². The maximum absolute atomic E-state index is 12.8. The first-order chi connectivity index (χ1) is 11.7. The van der Waals surface area contributed by atoms with Crippen molar-refractivity contribution in [1.82, 2.24) is 0 Å². The van der Waals surface area contributed by atoms with Gasteiger partial charge in [0.25, 0.3) is 10.0 Å². The summed E-state index contributed by atoms with van der Waals surface area (Å²) in [5, 5.41) is 12.0. The maximum Gasteiger partial charge on any atom is 0.324 e. The molecule has 2 rings (SSSR count). The highest BCUT2D eigenvalue weighted by Crippen LogP contribution is 2.25. The molecule has 0 spiro atoms. The van der Waals surface area contributed by atoms with E-state index in [1.54, 1.807) is 0 Å². The lowest BCUT2D eigenvalue weighted by molar-refractivity contribution is -0.135. The number of carboxylic acids is 1. The lowest BCUT2D eigenvalue weighted by atomic mass is 10.3. The lowest BCUT2D eigenvalue weighted by Crippen LogP contribution is -2.35. The summed E-state index contributed by atoms with van der Waals surface area (Å²) in [4.78, 5) is 22.0. The fourth-order valence-corrected chi connectivity index (χ4v) is 3.63. The molecular formula is C16H15ClN2O5S. The van der Waals surface area contributed by atoms with Crippen LogP contribution in [0, 0.1) is 0 Å². The molecule has 0 aliphatic rings. The molecule has 0 radical (unpaired) electrons. The molecule has 0 aliphatic heterocycles. The normalized spacial score (nSPS) is 11.0. The minimum Gasteiger partial charge on any atom is -0.480 e. The van der Waals surface area contributed by atoms with E-state index < -0.39 is 22.5 Å². The monoisotopic (exact) mass is 382 g/mol. The smallest absolute Gasteiger partial charge is 0.324 e. The molecule has 0 heterocycles. The highest BCUT2D eigenvalue weighted by molar-refractivity contribution is 7.92. The number of nitrogens with zero attached hydrogens (tertiary/aromatic N) is 1. The summed E-state index contributed by atoms with van der Waals surface area (Å²) in [6.07, 6.45) is 0. The van der Waals surface area contributed by atoms with E-state index in [4.69, 9.17) is 16.7 Å². The van der Waals surface area contributed by atoms with Crippen molar-refractivity contribution in [3.05, 3.63) is 53.6 Å². The topological polar surface area (TPSA) is 104 Å². The molecule has 0 bridgehead atoms. The molecule has 0 saturated carbocycles.